The molecule has 3 heteroatoms. The lowest BCUT2D eigenvalue weighted by Gasteiger charge is -2.24. The highest BCUT2D eigenvalue weighted by molar-refractivity contribution is 4.71. The monoisotopic (exact) mass is 189 g/mol. The van der Waals surface area contributed by atoms with E-state index < -0.39 is 0 Å². The molecule has 3 N–H and O–H groups in total. The Labute approximate surface area is 81.2 Å². The highest BCUT2D eigenvalue weighted by atomic mass is 16.3. The second-order valence-corrected chi connectivity index (χ2v) is 4.45. The van der Waals surface area contributed by atoms with Crippen molar-refractivity contribution in [2.75, 3.05) is 19.7 Å². The summed E-state index contributed by atoms with van der Waals surface area (Å²) in [6.45, 7) is 8.01. The van der Waals surface area contributed by atoms with E-state index in [2.05, 4.69) is 19.2 Å². The minimum Gasteiger partial charge on any atom is -0.396 e. The Balaban J connectivity index is 3.40. The van der Waals surface area contributed by atoms with Gasteiger partial charge in [-0.2, -0.15) is 0 Å². The first-order valence-electron chi connectivity index (χ1n) is 4.97. The van der Waals surface area contributed by atoms with Crippen LogP contribution in [-0.2, 0) is 0 Å². The van der Waals surface area contributed by atoms with Gasteiger partial charge in [-0.15, -0.1) is 0 Å². The molecule has 0 saturated carbocycles. The highest BCUT2D eigenvalue weighted by Gasteiger charge is 2.15. The third-order valence-electron chi connectivity index (χ3n) is 2.13. The molecule has 0 fully saturated rings. The van der Waals surface area contributed by atoms with Crippen molar-refractivity contribution in [2.24, 2.45) is 5.41 Å². The number of aliphatic hydroxyl groups excluding tert-OH is 2. The molecular weight excluding hydrogens is 166 g/mol. The quantitative estimate of drug-likeness (QED) is 0.518. The molecule has 0 aliphatic carbocycles. The van der Waals surface area contributed by atoms with Gasteiger partial charge in [0.15, 0.2) is 0 Å². The van der Waals surface area contributed by atoms with E-state index in [4.69, 9.17) is 10.2 Å². The van der Waals surface area contributed by atoms with Gasteiger partial charge in [-0.25, -0.2) is 0 Å². The number of nitrogens with one attached hydrogen (secondary N) is 1. The van der Waals surface area contributed by atoms with Gasteiger partial charge in [-0.3, -0.25) is 0 Å². The summed E-state index contributed by atoms with van der Waals surface area (Å²) >= 11 is 0. The second-order valence-electron chi connectivity index (χ2n) is 4.45. The normalized spacial score (nSPS) is 14.5. The van der Waals surface area contributed by atoms with Crippen molar-refractivity contribution < 1.29 is 10.2 Å². The predicted molar refractivity (Wildman–Crippen MR) is 54.7 cm³/mol. The minimum absolute atomic E-state index is 0.146. The fraction of sp³-hybridized carbons (Fsp3) is 1.00. The molecule has 1 atom stereocenters. The molecule has 0 aromatic carbocycles. The predicted octanol–water partition coefficient (Wildman–Crippen LogP) is 0.755. The number of hydrogen-bond donors (Lipinski definition) is 3. The van der Waals surface area contributed by atoms with Gasteiger partial charge >= 0.3 is 0 Å². The van der Waals surface area contributed by atoms with Gasteiger partial charge in [0.05, 0.1) is 6.10 Å². The molecule has 0 aromatic heterocycles. The zero-order valence-corrected chi connectivity index (χ0v) is 9.01. The van der Waals surface area contributed by atoms with Gasteiger partial charge in [0.1, 0.15) is 0 Å². The van der Waals surface area contributed by atoms with Crippen molar-refractivity contribution in [3.63, 3.8) is 0 Å². The van der Waals surface area contributed by atoms with Crippen molar-refractivity contribution in [1.29, 1.82) is 0 Å². The summed E-state index contributed by atoms with van der Waals surface area (Å²) in [5.41, 5.74) is 0.146. The van der Waals surface area contributed by atoms with Crippen LogP contribution in [0.15, 0.2) is 0 Å². The summed E-state index contributed by atoms with van der Waals surface area (Å²) in [6.07, 6.45) is 1.37. The van der Waals surface area contributed by atoms with E-state index in [-0.39, 0.29) is 18.1 Å². The number of hydrogen-bond acceptors (Lipinski definition) is 3. The van der Waals surface area contributed by atoms with Gasteiger partial charge < -0.3 is 15.5 Å². The Hall–Kier alpha value is -0.120. The first kappa shape index (κ1) is 12.9. The summed E-state index contributed by atoms with van der Waals surface area (Å²) in [4.78, 5) is 0. The van der Waals surface area contributed by atoms with Crippen LogP contribution >= 0.6 is 0 Å². The van der Waals surface area contributed by atoms with Crippen molar-refractivity contribution in [3.05, 3.63) is 0 Å². The fourth-order valence-electron chi connectivity index (χ4n) is 1.13. The summed E-state index contributed by atoms with van der Waals surface area (Å²) in [5.74, 6) is 0. The number of aliphatic hydroxyl groups is 2. The largest absolute Gasteiger partial charge is 0.396 e. The molecule has 13 heavy (non-hydrogen) atoms. The van der Waals surface area contributed by atoms with E-state index in [0.717, 1.165) is 25.9 Å². The Morgan fingerprint density at radius 2 is 2.00 bits per heavy atom. The number of rotatable bonds is 7. The lowest BCUT2D eigenvalue weighted by Crippen LogP contribution is -2.31. The minimum atomic E-state index is -0.228. The van der Waals surface area contributed by atoms with Crippen LogP contribution in [0.4, 0.5) is 0 Å². The maximum atomic E-state index is 9.01. The molecule has 0 bridgehead atoms. The molecule has 0 aromatic rings. The van der Waals surface area contributed by atoms with Crippen LogP contribution < -0.4 is 5.32 Å². The van der Waals surface area contributed by atoms with Gasteiger partial charge in [0.25, 0.3) is 0 Å². The molecule has 0 saturated heterocycles. The maximum absolute atomic E-state index is 9.01. The lowest BCUT2D eigenvalue weighted by atomic mass is 9.90. The van der Waals surface area contributed by atoms with Gasteiger partial charge in [-0.1, -0.05) is 13.8 Å². The first-order chi connectivity index (χ1) is 5.98. The average molecular weight is 189 g/mol. The molecule has 3 nitrogen and oxygen atoms in total. The Bertz CT molecular complexity index is 124. The van der Waals surface area contributed by atoms with Crippen LogP contribution in [0, 0.1) is 5.41 Å². The molecule has 0 aliphatic heterocycles. The average Bonchev–Trinajstić information content (AvgIpc) is 1.98. The van der Waals surface area contributed by atoms with Crippen molar-refractivity contribution >= 4 is 0 Å². The third-order valence-corrected chi connectivity index (χ3v) is 2.13. The van der Waals surface area contributed by atoms with Crippen LogP contribution in [0.3, 0.4) is 0 Å². The van der Waals surface area contributed by atoms with E-state index in [1.165, 1.54) is 0 Å². The zero-order valence-electron chi connectivity index (χ0n) is 9.01. The maximum Gasteiger partial charge on any atom is 0.0524 e. The highest BCUT2D eigenvalue weighted by Crippen LogP contribution is 2.17. The lowest BCUT2D eigenvalue weighted by molar-refractivity contribution is 0.176. The van der Waals surface area contributed by atoms with Crippen molar-refractivity contribution in [3.8, 4) is 0 Å². The van der Waals surface area contributed by atoms with Crippen LogP contribution in [0.5, 0.6) is 0 Å². The molecule has 0 aliphatic rings. The molecule has 1 unspecified atom stereocenters. The second kappa shape index (κ2) is 6.35. The van der Waals surface area contributed by atoms with Gasteiger partial charge in [0.2, 0.25) is 0 Å². The molecule has 80 valence electrons. The Kier molecular flexibility index (Phi) is 6.29. The van der Waals surface area contributed by atoms with E-state index >= 15 is 0 Å². The van der Waals surface area contributed by atoms with Crippen molar-refractivity contribution in [1.82, 2.24) is 5.32 Å². The van der Waals surface area contributed by atoms with E-state index in [9.17, 15) is 0 Å². The SMILES string of the molecule is CC(O)CCNCC(C)(C)CCO. The van der Waals surface area contributed by atoms with E-state index in [1.807, 2.05) is 0 Å². The summed E-state index contributed by atoms with van der Waals surface area (Å²) in [7, 11) is 0. The first-order valence-corrected chi connectivity index (χ1v) is 4.97. The van der Waals surface area contributed by atoms with E-state index in [1.54, 1.807) is 6.92 Å². The van der Waals surface area contributed by atoms with Gasteiger partial charge in [-0.05, 0) is 31.7 Å². The molecule has 0 spiro atoms. The fourth-order valence-corrected chi connectivity index (χ4v) is 1.13. The third kappa shape index (κ3) is 8.22. The Morgan fingerprint density at radius 3 is 2.46 bits per heavy atom. The zero-order chi connectivity index (χ0) is 10.3. The molecule has 0 heterocycles. The van der Waals surface area contributed by atoms with Crippen LogP contribution in [0.2, 0.25) is 0 Å². The summed E-state index contributed by atoms with van der Waals surface area (Å²) in [5, 5.41) is 21.1. The smallest absolute Gasteiger partial charge is 0.0524 e. The van der Waals surface area contributed by atoms with Crippen molar-refractivity contribution in [2.45, 2.75) is 39.7 Å². The standard InChI is InChI=1S/C10H23NO2/c1-9(13)4-6-11-8-10(2,3)5-7-12/h9,11-13H,4-8H2,1-3H3. The van der Waals surface area contributed by atoms with E-state index in [0.29, 0.717) is 0 Å². The molecular formula is C10H23NO2. The van der Waals surface area contributed by atoms with Crippen LogP contribution in [0.1, 0.15) is 33.6 Å². The topological polar surface area (TPSA) is 52.5 Å². The van der Waals surface area contributed by atoms with Crippen LogP contribution in [-0.4, -0.2) is 36.0 Å². The molecule has 0 rings (SSSR count). The Morgan fingerprint density at radius 1 is 1.38 bits per heavy atom. The van der Waals surface area contributed by atoms with Gasteiger partial charge in [0, 0.05) is 13.2 Å². The summed E-state index contributed by atoms with van der Waals surface area (Å²) in [6, 6.07) is 0. The molecule has 0 amide bonds. The van der Waals surface area contributed by atoms with Crippen LogP contribution in [0.25, 0.3) is 0 Å². The molecule has 0 radical (unpaired) electrons. The summed E-state index contributed by atoms with van der Waals surface area (Å²) < 4.78 is 0.